The van der Waals surface area contributed by atoms with E-state index < -0.39 is 23.8 Å². The van der Waals surface area contributed by atoms with Crippen LogP contribution in [0.3, 0.4) is 0 Å². The maximum absolute atomic E-state index is 13.4. The quantitative estimate of drug-likeness (QED) is 0.581. The van der Waals surface area contributed by atoms with Gasteiger partial charge in [0, 0.05) is 29.6 Å². The summed E-state index contributed by atoms with van der Waals surface area (Å²) in [5.41, 5.74) is 2.71. The molecule has 3 amide bonds. The van der Waals surface area contributed by atoms with Gasteiger partial charge in [-0.25, -0.2) is 4.79 Å². The molecule has 0 bridgehead atoms. The number of unbranched alkanes of at least 4 members (excludes halogenated alkanes) is 1. The molecule has 2 aliphatic heterocycles. The summed E-state index contributed by atoms with van der Waals surface area (Å²) in [4.78, 5) is 43.5. The lowest BCUT2D eigenvalue weighted by Gasteiger charge is -2.46. The largest absolute Gasteiger partial charge is 0.444 e. The fourth-order valence-corrected chi connectivity index (χ4v) is 4.98. The SMILES string of the molecule is CCC1c2[nH]c3ccccc3c2C[C@H]2C(=O)NC(CCCCNC(=O)OC(C)(C)C)C(=O)N12. The number of rotatable bonds is 6. The number of piperazine rings is 1. The van der Waals surface area contributed by atoms with Crippen molar-refractivity contribution in [1.29, 1.82) is 0 Å². The van der Waals surface area contributed by atoms with Crippen LogP contribution >= 0.6 is 0 Å². The smallest absolute Gasteiger partial charge is 0.407 e. The molecule has 1 aromatic heterocycles. The zero-order chi connectivity index (χ0) is 23.8. The van der Waals surface area contributed by atoms with Gasteiger partial charge in [0.05, 0.1) is 6.04 Å². The van der Waals surface area contributed by atoms with Gasteiger partial charge in [0.25, 0.3) is 0 Å². The highest BCUT2D eigenvalue weighted by Gasteiger charge is 2.47. The summed E-state index contributed by atoms with van der Waals surface area (Å²) in [7, 11) is 0. The van der Waals surface area contributed by atoms with E-state index in [0.29, 0.717) is 32.2 Å². The molecule has 3 heterocycles. The van der Waals surface area contributed by atoms with Gasteiger partial charge in [-0.1, -0.05) is 25.1 Å². The number of amides is 3. The van der Waals surface area contributed by atoms with Crippen molar-refractivity contribution in [2.75, 3.05) is 6.54 Å². The van der Waals surface area contributed by atoms with Crippen LogP contribution in [-0.2, 0) is 20.7 Å². The van der Waals surface area contributed by atoms with Crippen LogP contribution in [-0.4, -0.2) is 52.0 Å². The molecular formula is C25H34N4O4. The maximum atomic E-state index is 13.4. The number of H-pyrrole nitrogens is 1. The molecule has 2 aromatic rings. The third kappa shape index (κ3) is 4.70. The van der Waals surface area contributed by atoms with Crippen LogP contribution in [0.1, 0.15) is 70.7 Å². The highest BCUT2D eigenvalue weighted by molar-refractivity contribution is 5.99. The molecule has 3 N–H and O–H groups in total. The molecule has 0 radical (unpaired) electrons. The summed E-state index contributed by atoms with van der Waals surface area (Å²) in [5.74, 6) is -0.100. The predicted octanol–water partition coefficient (Wildman–Crippen LogP) is 3.57. The number of aromatic nitrogens is 1. The average Bonchev–Trinajstić information content (AvgIpc) is 3.12. The minimum atomic E-state index is -0.533. The van der Waals surface area contributed by atoms with Gasteiger partial charge in [-0.05, 0) is 58.1 Å². The first-order chi connectivity index (χ1) is 15.7. The topological polar surface area (TPSA) is 104 Å². The van der Waals surface area contributed by atoms with E-state index in [1.165, 1.54) is 0 Å². The van der Waals surface area contributed by atoms with E-state index in [-0.39, 0.29) is 17.9 Å². The average molecular weight is 455 g/mol. The van der Waals surface area contributed by atoms with E-state index in [4.69, 9.17) is 4.74 Å². The van der Waals surface area contributed by atoms with Crippen molar-refractivity contribution in [3.63, 3.8) is 0 Å². The van der Waals surface area contributed by atoms with Gasteiger partial charge in [0.2, 0.25) is 11.8 Å². The second kappa shape index (κ2) is 9.08. The number of carbonyl (C=O) groups is 3. The lowest BCUT2D eigenvalue weighted by atomic mass is 9.87. The molecule has 1 aromatic carbocycles. The molecular weight excluding hydrogens is 420 g/mol. The van der Waals surface area contributed by atoms with Crippen molar-refractivity contribution in [3.05, 3.63) is 35.5 Å². The van der Waals surface area contributed by atoms with Crippen molar-refractivity contribution in [2.45, 2.75) is 83.5 Å². The number of aromatic amines is 1. The van der Waals surface area contributed by atoms with E-state index in [0.717, 1.165) is 28.6 Å². The number of fused-ring (bicyclic) bond motifs is 4. The molecule has 33 heavy (non-hydrogen) atoms. The summed E-state index contributed by atoms with van der Waals surface area (Å²) in [5, 5.41) is 6.82. The maximum Gasteiger partial charge on any atom is 0.407 e. The van der Waals surface area contributed by atoms with Gasteiger partial charge < -0.3 is 25.3 Å². The Kier molecular flexibility index (Phi) is 6.36. The highest BCUT2D eigenvalue weighted by atomic mass is 16.6. The zero-order valence-electron chi connectivity index (χ0n) is 19.9. The Morgan fingerprint density at radius 1 is 1.21 bits per heavy atom. The first kappa shape index (κ1) is 23.1. The number of hydrogen-bond donors (Lipinski definition) is 3. The molecule has 8 nitrogen and oxygen atoms in total. The molecule has 3 atom stereocenters. The van der Waals surface area contributed by atoms with Crippen molar-refractivity contribution < 1.29 is 19.1 Å². The molecule has 2 aliphatic rings. The monoisotopic (exact) mass is 454 g/mol. The first-order valence-corrected chi connectivity index (χ1v) is 11.9. The van der Waals surface area contributed by atoms with Gasteiger partial charge in [0.15, 0.2) is 0 Å². The third-order valence-electron chi connectivity index (χ3n) is 6.40. The lowest BCUT2D eigenvalue weighted by Crippen LogP contribution is -2.65. The minimum absolute atomic E-state index is 0.0177. The normalized spacial score (nSPS) is 22.5. The molecule has 4 rings (SSSR count). The van der Waals surface area contributed by atoms with E-state index in [1.807, 2.05) is 39.0 Å². The number of nitrogens with zero attached hydrogens (tertiary/aromatic N) is 1. The molecule has 0 saturated carbocycles. The molecule has 8 heteroatoms. The molecule has 2 unspecified atom stereocenters. The van der Waals surface area contributed by atoms with Crippen LogP contribution in [0.25, 0.3) is 10.9 Å². The number of ether oxygens (including phenoxy) is 1. The molecule has 0 spiro atoms. The lowest BCUT2D eigenvalue weighted by molar-refractivity contribution is -0.153. The minimum Gasteiger partial charge on any atom is -0.444 e. The number of para-hydroxylation sites is 1. The Morgan fingerprint density at radius 2 is 1.97 bits per heavy atom. The first-order valence-electron chi connectivity index (χ1n) is 11.9. The summed E-state index contributed by atoms with van der Waals surface area (Å²) in [6.07, 6.45) is 2.77. The Balaban J connectivity index is 1.40. The van der Waals surface area contributed by atoms with E-state index in [1.54, 1.807) is 4.90 Å². The summed E-state index contributed by atoms with van der Waals surface area (Å²) in [6.45, 7) is 7.98. The standard InChI is InChI=1S/C25H34N4O4/c1-5-19-21-16(15-10-6-7-11-17(15)27-21)14-20-22(30)28-18(23(31)29(19)20)12-8-9-13-26-24(32)33-25(2,3)4/h6-7,10-11,18-20,27H,5,8-9,12-14H2,1-4H3,(H,26,32)(H,28,30)/t18?,19?,20-/m0/s1. The van der Waals surface area contributed by atoms with E-state index >= 15 is 0 Å². The molecule has 1 fully saturated rings. The molecule has 178 valence electrons. The number of alkyl carbamates (subject to hydrolysis) is 1. The van der Waals surface area contributed by atoms with Crippen molar-refractivity contribution in [3.8, 4) is 0 Å². The third-order valence-corrected chi connectivity index (χ3v) is 6.40. The summed E-state index contributed by atoms with van der Waals surface area (Å²) < 4.78 is 5.23. The molecule has 1 saturated heterocycles. The van der Waals surface area contributed by atoms with Gasteiger partial charge in [-0.3, -0.25) is 9.59 Å². The van der Waals surface area contributed by atoms with Gasteiger partial charge in [0.1, 0.15) is 17.7 Å². The second-order valence-electron chi connectivity index (χ2n) is 9.94. The fourth-order valence-electron chi connectivity index (χ4n) is 4.98. The number of nitrogens with one attached hydrogen (secondary N) is 3. The Morgan fingerprint density at radius 3 is 2.70 bits per heavy atom. The Bertz CT molecular complexity index is 1050. The number of benzene rings is 1. The van der Waals surface area contributed by atoms with Crippen LogP contribution in [0.5, 0.6) is 0 Å². The van der Waals surface area contributed by atoms with Crippen LogP contribution in [0.2, 0.25) is 0 Å². The number of hydrogen-bond acceptors (Lipinski definition) is 4. The van der Waals surface area contributed by atoms with Gasteiger partial charge in [-0.15, -0.1) is 0 Å². The van der Waals surface area contributed by atoms with Gasteiger partial charge in [-0.2, -0.15) is 0 Å². The summed E-state index contributed by atoms with van der Waals surface area (Å²) in [6, 6.07) is 6.96. The zero-order valence-corrected chi connectivity index (χ0v) is 19.9. The predicted molar refractivity (Wildman–Crippen MR) is 126 cm³/mol. The number of carbonyl (C=O) groups excluding carboxylic acids is 3. The second-order valence-corrected chi connectivity index (χ2v) is 9.94. The van der Waals surface area contributed by atoms with Crippen LogP contribution in [0.4, 0.5) is 4.79 Å². The van der Waals surface area contributed by atoms with Crippen LogP contribution < -0.4 is 10.6 Å². The van der Waals surface area contributed by atoms with E-state index in [2.05, 4.69) is 28.6 Å². The Hall–Kier alpha value is -3.03. The van der Waals surface area contributed by atoms with Gasteiger partial charge >= 0.3 is 6.09 Å². The van der Waals surface area contributed by atoms with E-state index in [9.17, 15) is 14.4 Å². The van der Waals surface area contributed by atoms with Crippen LogP contribution in [0.15, 0.2) is 24.3 Å². The summed E-state index contributed by atoms with van der Waals surface area (Å²) >= 11 is 0. The van der Waals surface area contributed by atoms with Crippen molar-refractivity contribution in [1.82, 2.24) is 20.5 Å². The Labute approximate surface area is 194 Å². The molecule has 0 aliphatic carbocycles. The fraction of sp³-hybridized carbons (Fsp3) is 0.560. The highest BCUT2D eigenvalue weighted by Crippen LogP contribution is 2.40. The van der Waals surface area contributed by atoms with Crippen molar-refractivity contribution in [2.24, 2.45) is 0 Å². The van der Waals surface area contributed by atoms with Crippen molar-refractivity contribution >= 4 is 28.8 Å². The van der Waals surface area contributed by atoms with Crippen LogP contribution in [0, 0.1) is 0 Å².